The van der Waals surface area contributed by atoms with Crippen LogP contribution in [0, 0.1) is 0 Å². The van der Waals surface area contributed by atoms with Gasteiger partial charge in [0.25, 0.3) is 0 Å². The van der Waals surface area contributed by atoms with Crippen LogP contribution in [0.4, 0.5) is 0 Å². The second kappa shape index (κ2) is 5.42. The van der Waals surface area contributed by atoms with Crippen LogP contribution in [0.1, 0.15) is 20.3 Å². The topological polar surface area (TPSA) is 29.5 Å². The predicted molar refractivity (Wildman–Crippen MR) is 64.5 cm³/mol. The van der Waals surface area contributed by atoms with E-state index >= 15 is 0 Å². The fraction of sp³-hybridized carbons (Fsp3) is 0.500. The molecule has 0 spiro atoms. The Labute approximate surface area is 95.7 Å². The molecule has 0 heterocycles. The van der Waals surface area contributed by atoms with Crippen molar-refractivity contribution in [2.24, 2.45) is 0 Å². The highest BCUT2D eigenvalue weighted by Crippen LogP contribution is 2.24. The highest BCUT2D eigenvalue weighted by Gasteiger charge is 2.15. The maximum absolute atomic E-state index is 9.12. The number of aromatic hydroxyl groups is 1. The monoisotopic (exact) mass is 226 g/mol. The largest absolute Gasteiger partial charge is 0.508 e. The standard InChI is InChI=1S/C12H18O2S/c1-12(2,14-3)8-9-15-11-6-4-10(13)5-7-11/h4-7,13H,8-9H2,1-3H3. The third-order valence-electron chi connectivity index (χ3n) is 2.36. The molecule has 0 bridgehead atoms. The number of ether oxygens (including phenoxy) is 1. The van der Waals surface area contributed by atoms with Crippen LogP contribution in [0.15, 0.2) is 29.2 Å². The van der Waals surface area contributed by atoms with Crippen LogP contribution in [-0.2, 0) is 4.74 Å². The third kappa shape index (κ3) is 4.58. The SMILES string of the molecule is COC(C)(C)CCSc1ccc(O)cc1. The van der Waals surface area contributed by atoms with Crippen LogP contribution < -0.4 is 0 Å². The van der Waals surface area contributed by atoms with Gasteiger partial charge < -0.3 is 9.84 Å². The van der Waals surface area contributed by atoms with Crippen molar-refractivity contribution in [3.8, 4) is 5.75 Å². The zero-order valence-electron chi connectivity index (χ0n) is 9.49. The van der Waals surface area contributed by atoms with Gasteiger partial charge in [-0.15, -0.1) is 11.8 Å². The van der Waals surface area contributed by atoms with Crippen molar-refractivity contribution in [1.82, 2.24) is 0 Å². The Morgan fingerprint density at radius 1 is 1.27 bits per heavy atom. The van der Waals surface area contributed by atoms with E-state index in [0.29, 0.717) is 5.75 Å². The van der Waals surface area contributed by atoms with Crippen LogP contribution in [-0.4, -0.2) is 23.6 Å². The number of thioether (sulfide) groups is 1. The van der Waals surface area contributed by atoms with Gasteiger partial charge >= 0.3 is 0 Å². The Morgan fingerprint density at radius 2 is 1.87 bits per heavy atom. The number of rotatable bonds is 5. The number of phenols is 1. The normalized spacial score (nSPS) is 11.7. The van der Waals surface area contributed by atoms with Gasteiger partial charge in [-0.05, 0) is 44.5 Å². The van der Waals surface area contributed by atoms with E-state index in [-0.39, 0.29) is 5.60 Å². The minimum atomic E-state index is -0.0517. The molecule has 2 nitrogen and oxygen atoms in total. The van der Waals surface area contributed by atoms with Crippen LogP contribution in [0.2, 0.25) is 0 Å². The first-order chi connectivity index (χ1) is 7.03. The van der Waals surface area contributed by atoms with E-state index in [4.69, 9.17) is 9.84 Å². The van der Waals surface area contributed by atoms with Gasteiger partial charge in [-0.3, -0.25) is 0 Å². The number of methoxy groups -OCH3 is 1. The molecule has 84 valence electrons. The van der Waals surface area contributed by atoms with Gasteiger partial charge in [-0.1, -0.05) is 0 Å². The first-order valence-electron chi connectivity index (χ1n) is 5.00. The Kier molecular flexibility index (Phi) is 4.48. The van der Waals surface area contributed by atoms with E-state index in [2.05, 4.69) is 13.8 Å². The minimum absolute atomic E-state index is 0.0517. The van der Waals surface area contributed by atoms with Crippen LogP contribution >= 0.6 is 11.8 Å². The van der Waals surface area contributed by atoms with Crippen molar-refractivity contribution < 1.29 is 9.84 Å². The molecule has 15 heavy (non-hydrogen) atoms. The first kappa shape index (κ1) is 12.4. The molecular formula is C12H18O2S. The number of phenolic OH excluding ortho intramolecular Hbond substituents is 1. The molecule has 1 aromatic rings. The zero-order chi connectivity index (χ0) is 11.3. The van der Waals surface area contributed by atoms with E-state index in [0.717, 1.165) is 12.2 Å². The molecule has 0 aliphatic carbocycles. The second-order valence-electron chi connectivity index (χ2n) is 4.06. The number of hydrogen-bond donors (Lipinski definition) is 1. The lowest BCUT2D eigenvalue weighted by atomic mass is 10.1. The molecule has 0 saturated carbocycles. The van der Waals surface area contributed by atoms with Gasteiger partial charge in [0, 0.05) is 17.8 Å². The summed E-state index contributed by atoms with van der Waals surface area (Å²) in [4.78, 5) is 1.18. The summed E-state index contributed by atoms with van der Waals surface area (Å²) in [7, 11) is 1.74. The van der Waals surface area contributed by atoms with E-state index in [1.54, 1.807) is 31.0 Å². The molecule has 0 radical (unpaired) electrons. The molecule has 0 fully saturated rings. The predicted octanol–water partition coefficient (Wildman–Crippen LogP) is 3.30. The highest BCUT2D eigenvalue weighted by molar-refractivity contribution is 7.99. The zero-order valence-corrected chi connectivity index (χ0v) is 10.3. The van der Waals surface area contributed by atoms with Gasteiger partial charge in [0.2, 0.25) is 0 Å². The van der Waals surface area contributed by atoms with Crippen molar-refractivity contribution in [1.29, 1.82) is 0 Å². The van der Waals surface area contributed by atoms with Crippen molar-refractivity contribution in [3.05, 3.63) is 24.3 Å². The quantitative estimate of drug-likeness (QED) is 0.781. The maximum Gasteiger partial charge on any atom is 0.115 e. The molecule has 0 aliphatic heterocycles. The molecule has 1 rings (SSSR count). The highest BCUT2D eigenvalue weighted by atomic mass is 32.2. The van der Waals surface area contributed by atoms with Gasteiger partial charge in [0.1, 0.15) is 5.75 Å². The van der Waals surface area contributed by atoms with Crippen molar-refractivity contribution in [2.45, 2.75) is 30.8 Å². The average Bonchev–Trinajstić information content (AvgIpc) is 2.21. The molecule has 1 aromatic carbocycles. The summed E-state index contributed by atoms with van der Waals surface area (Å²) in [6.07, 6.45) is 1.01. The van der Waals surface area contributed by atoms with Crippen LogP contribution in [0.3, 0.4) is 0 Å². The molecule has 0 atom stereocenters. The molecule has 0 saturated heterocycles. The molecule has 0 aromatic heterocycles. The Bertz CT molecular complexity index is 293. The van der Waals surface area contributed by atoms with Gasteiger partial charge in [-0.25, -0.2) is 0 Å². The fourth-order valence-corrected chi connectivity index (χ4v) is 2.22. The van der Waals surface area contributed by atoms with Gasteiger partial charge in [-0.2, -0.15) is 0 Å². The lowest BCUT2D eigenvalue weighted by molar-refractivity contribution is 0.0207. The Morgan fingerprint density at radius 3 is 2.40 bits per heavy atom. The molecule has 0 aliphatic rings. The van der Waals surface area contributed by atoms with Crippen LogP contribution in [0.5, 0.6) is 5.75 Å². The maximum atomic E-state index is 9.12. The summed E-state index contributed by atoms with van der Waals surface area (Å²) >= 11 is 1.78. The average molecular weight is 226 g/mol. The van der Waals surface area contributed by atoms with E-state index in [9.17, 15) is 0 Å². The Hall–Kier alpha value is -0.670. The summed E-state index contributed by atoms with van der Waals surface area (Å²) in [5.74, 6) is 1.34. The fourth-order valence-electron chi connectivity index (χ4n) is 1.06. The van der Waals surface area contributed by atoms with Gasteiger partial charge in [0.05, 0.1) is 5.60 Å². The van der Waals surface area contributed by atoms with Crippen molar-refractivity contribution >= 4 is 11.8 Å². The summed E-state index contributed by atoms with van der Waals surface area (Å²) in [6.45, 7) is 4.18. The summed E-state index contributed by atoms with van der Waals surface area (Å²) in [5.41, 5.74) is -0.0517. The molecular weight excluding hydrogens is 208 g/mol. The van der Waals surface area contributed by atoms with Crippen molar-refractivity contribution in [3.63, 3.8) is 0 Å². The molecule has 3 heteroatoms. The molecule has 1 N–H and O–H groups in total. The first-order valence-corrected chi connectivity index (χ1v) is 5.99. The minimum Gasteiger partial charge on any atom is -0.508 e. The second-order valence-corrected chi connectivity index (χ2v) is 5.22. The van der Waals surface area contributed by atoms with E-state index in [1.807, 2.05) is 12.1 Å². The number of hydrogen-bond acceptors (Lipinski definition) is 3. The smallest absolute Gasteiger partial charge is 0.115 e. The Balaban J connectivity index is 2.35. The lowest BCUT2D eigenvalue weighted by Crippen LogP contribution is -2.22. The van der Waals surface area contributed by atoms with Gasteiger partial charge in [0.15, 0.2) is 0 Å². The van der Waals surface area contributed by atoms with E-state index in [1.165, 1.54) is 4.90 Å². The van der Waals surface area contributed by atoms with Crippen LogP contribution in [0.25, 0.3) is 0 Å². The molecule has 0 amide bonds. The molecule has 0 unspecified atom stereocenters. The third-order valence-corrected chi connectivity index (χ3v) is 3.38. The summed E-state index contributed by atoms with van der Waals surface area (Å²) in [5, 5.41) is 9.12. The van der Waals surface area contributed by atoms with Crippen molar-refractivity contribution in [2.75, 3.05) is 12.9 Å². The van der Waals surface area contributed by atoms with E-state index < -0.39 is 0 Å². The lowest BCUT2D eigenvalue weighted by Gasteiger charge is -2.22. The summed E-state index contributed by atoms with van der Waals surface area (Å²) < 4.78 is 5.34. The summed E-state index contributed by atoms with van der Waals surface area (Å²) in [6, 6.07) is 7.28. The number of benzene rings is 1.